The summed E-state index contributed by atoms with van der Waals surface area (Å²) in [5.74, 6) is 0.0479. The van der Waals surface area contributed by atoms with E-state index in [1.807, 2.05) is 38.1 Å². The Morgan fingerprint density at radius 2 is 2.04 bits per heavy atom. The third kappa shape index (κ3) is 3.31. The summed E-state index contributed by atoms with van der Waals surface area (Å²) in [7, 11) is 0. The van der Waals surface area contributed by atoms with Gasteiger partial charge in [0.25, 0.3) is 5.91 Å². The molecule has 1 N–H and O–H groups in total. The minimum atomic E-state index is -0.237. The van der Waals surface area contributed by atoms with Crippen LogP contribution in [-0.4, -0.2) is 34.0 Å². The standard InChI is InChI=1S/C19H20N2O3/c1-13-8-16-10-18(24-17(16)9-14(13)2)19(23)21(6-7-22)12-15-4-3-5-20-11-15/h3-5,8-11,22H,6-7,12H2,1-2H3. The number of fused-ring (bicyclic) bond motifs is 1. The second-order valence-corrected chi connectivity index (χ2v) is 5.90. The number of carbonyl (C=O) groups is 1. The van der Waals surface area contributed by atoms with Crippen LogP contribution in [0.1, 0.15) is 27.2 Å². The number of amides is 1. The lowest BCUT2D eigenvalue weighted by molar-refractivity contribution is 0.0678. The molecule has 24 heavy (non-hydrogen) atoms. The van der Waals surface area contributed by atoms with Crippen molar-refractivity contribution in [3.8, 4) is 0 Å². The Morgan fingerprint density at radius 1 is 1.25 bits per heavy atom. The summed E-state index contributed by atoms with van der Waals surface area (Å²) in [6, 6.07) is 9.44. The normalized spacial score (nSPS) is 11.0. The summed E-state index contributed by atoms with van der Waals surface area (Å²) in [4.78, 5) is 18.4. The van der Waals surface area contributed by atoms with Crippen molar-refractivity contribution in [2.75, 3.05) is 13.2 Å². The fraction of sp³-hybridized carbons (Fsp3) is 0.263. The van der Waals surface area contributed by atoms with Crippen LogP contribution in [0.25, 0.3) is 11.0 Å². The Labute approximate surface area is 140 Å². The topological polar surface area (TPSA) is 66.6 Å². The lowest BCUT2D eigenvalue weighted by Crippen LogP contribution is -2.32. The Hall–Kier alpha value is -2.66. The molecule has 3 rings (SSSR count). The molecule has 0 aliphatic carbocycles. The number of pyridine rings is 1. The minimum absolute atomic E-state index is 0.107. The monoisotopic (exact) mass is 324 g/mol. The van der Waals surface area contributed by atoms with Crippen molar-refractivity contribution in [1.29, 1.82) is 0 Å². The Bertz CT molecular complexity index is 817. The molecule has 0 fully saturated rings. The number of aromatic nitrogens is 1. The Morgan fingerprint density at radius 3 is 2.75 bits per heavy atom. The maximum absolute atomic E-state index is 12.8. The van der Waals surface area contributed by atoms with Crippen molar-refractivity contribution in [3.05, 3.63) is 65.2 Å². The number of nitrogens with zero attached hydrogens (tertiary/aromatic N) is 2. The van der Waals surface area contributed by atoms with Gasteiger partial charge in [0.2, 0.25) is 0 Å². The van der Waals surface area contributed by atoms with Gasteiger partial charge in [-0.25, -0.2) is 0 Å². The lowest BCUT2D eigenvalue weighted by Gasteiger charge is -2.20. The van der Waals surface area contributed by atoms with E-state index in [1.54, 1.807) is 23.4 Å². The number of hydrogen-bond donors (Lipinski definition) is 1. The number of benzene rings is 1. The van der Waals surface area contributed by atoms with E-state index in [2.05, 4.69) is 4.98 Å². The molecule has 0 aliphatic rings. The highest BCUT2D eigenvalue weighted by atomic mass is 16.3. The average Bonchev–Trinajstić information content (AvgIpc) is 2.98. The number of hydrogen-bond acceptors (Lipinski definition) is 4. The van der Waals surface area contributed by atoms with E-state index in [-0.39, 0.29) is 24.8 Å². The molecule has 2 aromatic heterocycles. The predicted octanol–water partition coefficient (Wildman–Crippen LogP) is 3.08. The van der Waals surface area contributed by atoms with Gasteiger partial charge in [-0.1, -0.05) is 6.07 Å². The first-order valence-electron chi connectivity index (χ1n) is 7.88. The van der Waals surface area contributed by atoms with Gasteiger partial charge in [0.05, 0.1) is 6.61 Å². The summed E-state index contributed by atoms with van der Waals surface area (Å²) in [5, 5.41) is 10.2. The van der Waals surface area contributed by atoms with E-state index in [4.69, 9.17) is 4.42 Å². The van der Waals surface area contributed by atoms with Crippen LogP contribution < -0.4 is 0 Å². The summed E-state index contributed by atoms with van der Waals surface area (Å²) in [5.41, 5.74) is 3.89. The largest absolute Gasteiger partial charge is 0.451 e. The van der Waals surface area contributed by atoms with Crippen LogP contribution in [0.3, 0.4) is 0 Å². The van der Waals surface area contributed by atoms with E-state index in [0.717, 1.165) is 22.1 Å². The summed E-state index contributed by atoms with van der Waals surface area (Å²) in [6.07, 6.45) is 3.40. The molecule has 0 radical (unpaired) electrons. The minimum Gasteiger partial charge on any atom is -0.451 e. The highest BCUT2D eigenvalue weighted by Gasteiger charge is 2.20. The molecule has 5 nitrogen and oxygen atoms in total. The molecule has 5 heteroatoms. The zero-order valence-corrected chi connectivity index (χ0v) is 13.8. The molecular weight excluding hydrogens is 304 g/mol. The molecule has 0 saturated carbocycles. The van der Waals surface area contributed by atoms with E-state index in [0.29, 0.717) is 12.1 Å². The van der Waals surface area contributed by atoms with E-state index in [1.165, 1.54) is 0 Å². The van der Waals surface area contributed by atoms with Gasteiger partial charge in [0, 0.05) is 30.9 Å². The van der Waals surface area contributed by atoms with Gasteiger partial charge in [-0.15, -0.1) is 0 Å². The maximum Gasteiger partial charge on any atom is 0.289 e. The third-order valence-electron chi connectivity index (χ3n) is 4.10. The number of aryl methyl sites for hydroxylation is 2. The van der Waals surface area contributed by atoms with Gasteiger partial charge < -0.3 is 14.4 Å². The number of aliphatic hydroxyl groups is 1. The molecular formula is C19H20N2O3. The molecule has 1 amide bonds. The van der Waals surface area contributed by atoms with E-state index < -0.39 is 0 Å². The Kier molecular flexibility index (Phi) is 4.62. The van der Waals surface area contributed by atoms with Gasteiger partial charge in [0.15, 0.2) is 5.76 Å². The van der Waals surface area contributed by atoms with Crippen LogP contribution in [0.15, 0.2) is 47.1 Å². The van der Waals surface area contributed by atoms with Crippen molar-refractivity contribution in [3.63, 3.8) is 0 Å². The van der Waals surface area contributed by atoms with Crippen LogP contribution in [-0.2, 0) is 6.54 Å². The molecule has 2 heterocycles. The average molecular weight is 324 g/mol. The molecule has 0 unspecified atom stereocenters. The van der Waals surface area contributed by atoms with Gasteiger partial charge >= 0.3 is 0 Å². The summed E-state index contributed by atoms with van der Waals surface area (Å²) in [6.45, 7) is 4.55. The quantitative estimate of drug-likeness (QED) is 0.783. The number of furan rings is 1. The second kappa shape index (κ2) is 6.84. The summed E-state index contributed by atoms with van der Waals surface area (Å²) < 4.78 is 5.74. The molecule has 124 valence electrons. The van der Waals surface area contributed by atoms with Crippen molar-refractivity contribution in [1.82, 2.24) is 9.88 Å². The summed E-state index contributed by atoms with van der Waals surface area (Å²) >= 11 is 0. The van der Waals surface area contributed by atoms with Gasteiger partial charge in [-0.3, -0.25) is 9.78 Å². The van der Waals surface area contributed by atoms with Gasteiger partial charge in [0.1, 0.15) is 5.58 Å². The van der Waals surface area contributed by atoms with Crippen molar-refractivity contribution in [2.45, 2.75) is 20.4 Å². The van der Waals surface area contributed by atoms with Crippen LogP contribution in [0, 0.1) is 13.8 Å². The lowest BCUT2D eigenvalue weighted by atomic mass is 10.1. The molecule has 3 aromatic rings. The zero-order valence-electron chi connectivity index (χ0n) is 13.8. The smallest absolute Gasteiger partial charge is 0.289 e. The molecule has 0 bridgehead atoms. The first kappa shape index (κ1) is 16.2. The first-order valence-corrected chi connectivity index (χ1v) is 7.88. The zero-order chi connectivity index (χ0) is 17.1. The van der Waals surface area contributed by atoms with Crippen molar-refractivity contribution >= 4 is 16.9 Å². The molecule has 0 saturated heterocycles. The SMILES string of the molecule is Cc1cc2cc(C(=O)N(CCO)Cc3cccnc3)oc2cc1C. The molecule has 1 aromatic carbocycles. The molecule has 0 atom stereocenters. The number of aliphatic hydroxyl groups excluding tert-OH is 1. The van der Waals surface area contributed by atoms with Crippen LogP contribution in [0.2, 0.25) is 0 Å². The van der Waals surface area contributed by atoms with Crippen LogP contribution in [0.5, 0.6) is 0 Å². The van der Waals surface area contributed by atoms with Gasteiger partial charge in [-0.2, -0.15) is 0 Å². The van der Waals surface area contributed by atoms with E-state index >= 15 is 0 Å². The van der Waals surface area contributed by atoms with Crippen LogP contribution >= 0.6 is 0 Å². The first-order chi connectivity index (χ1) is 11.6. The molecule has 0 spiro atoms. The third-order valence-corrected chi connectivity index (χ3v) is 4.10. The highest BCUT2D eigenvalue weighted by molar-refractivity contribution is 5.96. The van der Waals surface area contributed by atoms with Gasteiger partial charge in [-0.05, 0) is 54.8 Å². The fourth-order valence-electron chi connectivity index (χ4n) is 2.65. The van der Waals surface area contributed by atoms with Crippen molar-refractivity contribution in [2.24, 2.45) is 0 Å². The molecule has 0 aliphatic heterocycles. The predicted molar refractivity (Wildman–Crippen MR) is 91.8 cm³/mol. The van der Waals surface area contributed by atoms with E-state index in [9.17, 15) is 9.90 Å². The Balaban J connectivity index is 1.89. The van der Waals surface area contributed by atoms with Crippen molar-refractivity contribution < 1.29 is 14.3 Å². The number of carbonyl (C=O) groups excluding carboxylic acids is 1. The number of rotatable bonds is 5. The maximum atomic E-state index is 12.8. The van der Waals surface area contributed by atoms with Crippen LogP contribution in [0.4, 0.5) is 0 Å². The second-order valence-electron chi connectivity index (χ2n) is 5.90. The highest BCUT2D eigenvalue weighted by Crippen LogP contribution is 2.24. The fourth-order valence-corrected chi connectivity index (χ4v) is 2.65.